The molecule has 1 atom stereocenters. The van der Waals surface area contributed by atoms with Crippen LogP contribution >= 0.6 is 11.3 Å². The SMILES string of the molecule is CCO[C@@H](C)c1nc(CN(C)C(=O)c2ccc(F)cc2F)cs1. The van der Waals surface area contributed by atoms with Crippen LogP contribution < -0.4 is 0 Å². The van der Waals surface area contributed by atoms with Crippen molar-refractivity contribution in [3.63, 3.8) is 0 Å². The Bertz CT molecular complexity index is 690. The summed E-state index contributed by atoms with van der Waals surface area (Å²) in [4.78, 5) is 18.0. The van der Waals surface area contributed by atoms with Gasteiger partial charge in [-0.2, -0.15) is 0 Å². The lowest BCUT2D eigenvalue weighted by Gasteiger charge is -2.16. The summed E-state index contributed by atoms with van der Waals surface area (Å²) in [6, 6.07) is 2.91. The zero-order valence-electron chi connectivity index (χ0n) is 13.2. The largest absolute Gasteiger partial charge is 0.372 e. The second-order valence-electron chi connectivity index (χ2n) is 5.06. The number of halogens is 2. The Morgan fingerprint density at radius 2 is 2.17 bits per heavy atom. The molecule has 0 fully saturated rings. The van der Waals surface area contributed by atoms with Crippen LogP contribution in [0.15, 0.2) is 23.6 Å². The van der Waals surface area contributed by atoms with Crippen LogP contribution in [-0.2, 0) is 11.3 Å². The number of benzene rings is 1. The Hall–Kier alpha value is -1.86. The number of thiazole rings is 1. The number of ether oxygens (including phenoxy) is 1. The Morgan fingerprint density at radius 1 is 1.43 bits per heavy atom. The molecule has 1 amide bonds. The first-order valence-corrected chi connectivity index (χ1v) is 8.06. The quantitative estimate of drug-likeness (QED) is 0.803. The first kappa shape index (κ1) is 17.5. The van der Waals surface area contributed by atoms with Crippen molar-refractivity contribution in [1.29, 1.82) is 0 Å². The molecule has 124 valence electrons. The number of rotatable bonds is 6. The van der Waals surface area contributed by atoms with Gasteiger partial charge in [0.15, 0.2) is 0 Å². The molecule has 0 aliphatic heterocycles. The third-order valence-corrected chi connectivity index (χ3v) is 4.30. The fraction of sp³-hybridized carbons (Fsp3) is 0.375. The van der Waals surface area contributed by atoms with E-state index in [2.05, 4.69) is 4.98 Å². The van der Waals surface area contributed by atoms with Crippen LogP contribution in [0.4, 0.5) is 8.78 Å². The first-order valence-electron chi connectivity index (χ1n) is 7.18. The molecule has 0 aliphatic rings. The van der Waals surface area contributed by atoms with Gasteiger partial charge in [-0.3, -0.25) is 4.79 Å². The molecule has 1 aromatic carbocycles. The Labute approximate surface area is 137 Å². The number of hydrogen-bond acceptors (Lipinski definition) is 4. The smallest absolute Gasteiger partial charge is 0.256 e. The van der Waals surface area contributed by atoms with Crippen molar-refractivity contribution in [2.24, 2.45) is 0 Å². The van der Waals surface area contributed by atoms with Gasteiger partial charge in [0.2, 0.25) is 0 Å². The number of amides is 1. The van der Waals surface area contributed by atoms with Gasteiger partial charge in [-0.25, -0.2) is 13.8 Å². The number of carbonyl (C=O) groups is 1. The predicted molar refractivity (Wildman–Crippen MR) is 84.3 cm³/mol. The molecule has 0 saturated heterocycles. The number of hydrogen-bond donors (Lipinski definition) is 0. The van der Waals surface area contributed by atoms with E-state index in [0.717, 1.165) is 17.1 Å². The fourth-order valence-electron chi connectivity index (χ4n) is 2.09. The molecular formula is C16H18F2N2O2S. The third kappa shape index (κ3) is 4.33. The summed E-state index contributed by atoms with van der Waals surface area (Å²) >= 11 is 1.45. The molecule has 0 N–H and O–H groups in total. The van der Waals surface area contributed by atoms with Crippen molar-refractivity contribution in [1.82, 2.24) is 9.88 Å². The fourth-order valence-corrected chi connectivity index (χ4v) is 2.90. The van der Waals surface area contributed by atoms with Crippen molar-refractivity contribution in [2.75, 3.05) is 13.7 Å². The summed E-state index contributed by atoms with van der Waals surface area (Å²) in [7, 11) is 1.55. The van der Waals surface area contributed by atoms with Gasteiger partial charge >= 0.3 is 0 Å². The van der Waals surface area contributed by atoms with E-state index in [1.165, 1.54) is 16.2 Å². The number of carbonyl (C=O) groups excluding carboxylic acids is 1. The van der Waals surface area contributed by atoms with Crippen LogP contribution in [0.1, 0.15) is 41.0 Å². The molecule has 4 nitrogen and oxygen atoms in total. The van der Waals surface area contributed by atoms with Crippen molar-refractivity contribution < 1.29 is 18.3 Å². The molecule has 7 heteroatoms. The van der Waals surface area contributed by atoms with E-state index in [9.17, 15) is 13.6 Å². The maximum atomic E-state index is 13.7. The maximum absolute atomic E-state index is 13.7. The maximum Gasteiger partial charge on any atom is 0.256 e. The number of aromatic nitrogens is 1. The van der Waals surface area contributed by atoms with Crippen LogP contribution in [0.2, 0.25) is 0 Å². The molecule has 2 rings (SSSR count). The van der Waals surface area contributed by atoms with E-state index in [1.54, 1.807) is 7.05 Å². The van der Waals surface area contributed by atoms with E-state index in [1.807, 2.05) is 19.2 Å². The molecule has 0 bridgehead atoms. The van der Waals surface area contributed by atoms with Gasteiger partial charge in [0.1, 0.15) is 22.7 Å². The highest BCUT2D eigenvalue weighted by Crippen LogP contribution is 2.22. The van der Waals surface area contributed by atoms with Gasteiger partial charge < -0.3 is 9.64 Å². The normalized spacial score (nSPS) is 12.2. The van der Waals surface area contributed by atoms with Gasteiger partial charge in [-0.15, -0.1) is 11.3 Å². The third-order valence-electron chi connectivity index (χ3n) is 3.24. The summed E-state index contributed by atoms with van der Waals surface area (Å²) < 4.78 is 32.1. The molecular weight excluding hydrogens is 322 g/mol. The molecule has 1 heterocycles. The van der Waals surface area contributed by atoms with Gasteiger partial charge in [0, 0.05) is 25.1 Å². The first-order chi connectivity index (χ1) is 10.9. The van der Waals surface area contributed by atoms with E-state index in [0.29, 0.717) is 18.4 Å². The Balaban J connectivity index is 2.06. The minimum absolute atomic E-state index is 0.102. The van der Waals surface area contributed by atoms with E-state index in [4.69, 9.17) is 4.74 Å². The van der Waals surface area contributed by atoms with Crippen molar-refractivity contribution in [2.45, 2.75) is 26.5 Å². The highest BCUT2D eigenvalue weighted by atomic mass is 32.1. The van der Waals surface area contributed by atoms with E-state index < -0.39 is 17.5 Å². The van der Waals surface area contributed by atoms with Gasteiger partial charge in [-0.1, -0.05) is 0 Å². The van der Waals surface area contributed by atoms with E-state index in [-0.39, 0.29) is 18.2 Å². The molecule has 1 aromatic heterocycles. The average Bonchev–Trinajstić information content (AvgIpc) is 2.95. The topological polar surface area (TPSA) is 42.4 Å². The zero-order valence-corrected chi connectivity index (χ0v) is 14.0. The minimum Gasteiger partial charge on any atom is -0.372 e. The molecule has 0 radical (unpaired) electrons. The molecule has 0 spiro atoms. The van der Waals surface area contributed by atoms with Crippen molar-refractivity contribution >= 4 is 17.2 Å². The highest BCUT2D eigenvalue weighted by molar-refractivity contribution is 7.09. The summed E-state index contributed by atoms with van der Waals surface area (Å²) in [6.07, 6.45) is -0.102. The highest BCUT2D eigenvalue weighted by Gasteiger charge is 2.18. The van der Waals surface area contributed by atoms with Crippen molar-refractivity contribution in [3.05, 3.63) is 51.5 Å². The summed E-state index contributed by atoms with van der Waals surface area (Å²) in [5.41, 5.74) is 0.543. The Morgan fingerprint density at radius 3 is 2.83 bits per heavy atom. The van der Waals surface area contributed by atoms with Crippen LogP contribution in [0.5, 0.6) is 0 Å². The summed E-state index contributed by atoms with van der Waals surface area (Å²) in [6.45, 7) is 4.66. The molecule has 0 saturated carbocycles. The van der Waals surface area contributed by atoms with Crippen LogP contribution in [0.25, 0.3) is 0 Å². The summed E-state index contributed by atoms with van der Waals surface area (Å²) in [5.74, 6) is -2.10. The second kappa shape index (κ2) is 7.61. The number of nitrogens with zero attached hydrogens (tertiary/aromatic N) is 2. The predicted octanol–water partition coefficient (Wildman–Crippen LogP) is 3.79. The van der Waals surface area contributed by atoms with Crippen LogP contribution in [-0.4, -0.2) is 29.4 Å². The minimum atomic E-state index is -0.870. The molecule has 2 aromatic rings. The van der Waals surface area contributed by atoms with Crippen molar-refractivity contribution in [3.8, 4) is 0 Å². The molecule has 23 heavy (non-hydrogen) atoms. The van der Waals surface area contributed by atoms with E-state index >= 15 is 0 Å². The van der Waals surface area contributed by atoms with Gasteiger partial charge in [0.05, 0.1) is 17.8 Å². The lowest BCUT2D eigenvalue weighted by Crippen LogP contribution is -2.27. The van der Waals surface area contributed by atoms with Crippen LogP contribution in [0, 0.1) is 11.6 Å². The zero-order chi connectivity index (χ0) is 17.0. The van der Waals surface area contributed by atoms with Gasteiger partial charge in [0.25, 0.3) is 5.91 Å². The lowest BCUT2D eigenvalue weighted by molar-refractivity contribution is 0.0755. The van der Waals surface area contributed by atoms with Crippen LogP contribution in [0.3, 0.4) is 0 Å². The Kier molecular flexibility index (Phi) is 5.79. The summed E-state index contributed by atoms with van der Waals surface area (Å²) in [5, 5.41) is 2.67. The second-order valence-corrected chi connectivity index (χ2v) is 5.95. The van der Waals surface area contributed by atoms with Gasteiger partial charge in [-0.05, 0) is 26.0 Å². The standard InChI is InChI=1S/C16H18F2N2O2S/c1-4-22-10(2)15-19-12(9-23-15)8-20(3)16(21)13-6-5-11(17)7-14(13)18/h5-7,9-10H,4,8H2,1-3H3/t10-/m0/s1. The lowest BCUT2D eigenvalue weighted by atomic mass is 10.2. The molecule has 0 aliphatic carbocycles. The average molecular weight is 340 g/mol. The monoisotopic (exact) mass is 340 g/mol. The molecule has 0 unspecified atom stereocenters.